The summed E-state index contributed by atoms with van der Waals surface area (Å²) in [5.41, 5.74) is 1.66. The van der Waals surface area contributed by atoms with E-state index in [0.29, 0.717) is 36.0 Å². The molecule has 1 aromatic carbocycles. The fourth-order valence-corrected chi connectivity index (χ4v) is 3.27. The maximum absolute atomic E-state index is 12.1. The van der Waals surface area contributed by atoms with Crippen molar-refractivity contribution in [3.05, 3.63) is 45.9 Å². The lowest BCUT2D eigenvalue weighted by atomic mass is 10.1. The smallest absolute Gasteiger partial charge is 0.254 e. The number of amides is 1. The number of carbonyl (C=O) groups excluding carboxylic acids is 1. The standard InChI is InChI=1S/C19H25N3O4S/c1-5-14-11-18(24)22(2)19(21-14)27-12-17(23)20-9-8-13-6-7-15(25-3)16(10-13)26-4/h6-7,10-11H,5,8-9,12H2,1-4H3,(H,20,23). The summed E-state index contributed by atoms with van der Waals surface area (Å²) in [6.45, 7) is 2.45. The molecule has 0 atom stereocenters. The fraction of sp³-hybridized carbons (Fsp3) is 0.421. The molecular weight excluding hydrogens is 366 g/mol. The van der Waals surface area contributed by atoms with E-state index in [-0.39, 0.29) is 17.2 Å². The molecule has 0 saturated heterocycles. The number of carbonyl (C=O) groups is 1. The summed E-state index contributed by atoms with van der Waals surface area (Å²) in [5, 5.41) is 3.43. The first-order valence-electron chi connectivity index (χ1n) is 8.65. The zero-order valence-electron chi connectivity index (χ0n) is 16.1. The second kappa shape index (κ2) is 10.0. The molecule has 2 aromatic rings. The SMILES string of the molecule is CCc1cc(=O)n(C)c(SCC(=O)NCCc2ccc(OC)c(OC)c2)n1. The van der Waals surface area contributed by atoms with E-state index in [1.807, 2.05) is 25.1 Å². The van der Waals surface area contributed by atoms with Crippen LogP contribution in [0.5, 0.6) is 11.5 Å². The lowest BCUT2D eigenvalue weighted by Crippen LogP contribution is -2.28. The van der Waals surface area contributed by atoms with Crippen molar-refractivity contribution in [3.8, 4) is 11.5 Å². The van der Waals surface area contributed by atoms with Gasteiger partial charge in [-0.05, 0) is 30.5 Å². The number of hydrogen-bond donors (Lipinski definition) is 1. The van der Waals surface area contributed by atoms with Crippen molar-refractivity contribution in [3.63, 3.8) is 0 Å². The van der Waals surface area contributed by atoms with Gasteiger partial charge in [-0.2, -0.15) is 0 Å². The molecule has 146 valence electrons. The van der Waals surface area contributed by atoms with Crippen LogP contribution in [0.3, 0.4) is 0 Å². The number of nitrogens with zero attached hydrogens (tertiary/aromatic N) is 2. The highest BCUT2D eigenvalue weighted by Crippen LogP contribution is 2.27. The number of hydrogen-bond acceptors (Lipinski definition) is 6. The first-order chi connectivity index (χ1) is 13.0. The molecule has 0 aliphatic heterocycles. The molecule has 0 bridgehead atoms. The summed E-state index contributed by atoms with van der Waals surface area (Å²) < 4.78 is 12.0. The quantitative estimate of drug-likeness (QED) is 0.519. The Hall–Kier alpha value is -2.48. The first-order valence-corrected chi connectivity index (χ1v) is 9.64. The maximum Gasteiger partial charge on any atom is 0.254 e. The number of thioether (sulfide) groups is 1. The molecule has 1 heterocycles. The van der Waals surface area contributed by atoms with Crippen LogP contribution in [-0.4, -0.2) is 42.0 Å². The Kier molecular flexibility index (Phi) is 7.72. The highest BCUT2D eigenvalue weighted by atomic mass is 32.2. The Labute approximate surface area is 163 Å². The van der Waals surface area contributed by atoms with Crippen LogP contribution >= 0.6 is 11.8 Å². The van der Waals surface area contributed by atoms with Crippen LogP contribution in [0.2, 0.25) is 0 Å². The second-order valence-electron chi connectivity index (χ2n) is 5.86. The lowest BCUT2D eigenvalue weighted by Gasteiger charge is -2.10. The third kappa shape index (κ3) is 5.75. The van der Waals surface area contributed by atoms with Crippen LogP contribution in [0.1, 0.15) is 18.2 Å². The minimum Gasteiger partial charge on any atom is -0.493 e. The molecule has 8 heteroatoms. The van der Waals surface area contributed by atoms with Crippen molar-refractivity contribution in [1.29, 1.82) is 0 Å². The Morgan fingerprint density at radius 2 is 1.96 bits per heavy atom. The maximum atomic E-state index is 12.1. The lowest BCUT2D eigenvalue weighted by molar-refractivity contribution is -0.118. The van der Waals surface area contributed by atoms with Gasteiger partial charge in [0.2, 0.25) is 5.91 Å². The molecule has 0 unspecified atom stereocenters. The molecule has 0 aliphatic carbocycles. The normalized spacial score (nSPS) is 10.5. The van der Waals surface area contributed by atoms with E-state index in [1.54, 1.807) is 21.3 Å². The number of rotatable bonds is 9. The number of ether oxygens (including phenoxy) is 2. The Morgan fingerprint density at radius 1 is 1.22 bits per heavy atom. The molecule has 27 heavy (non-hydrogen) atoms. The Bertz CT molecular complexity index is 851. The molecular formula is C19H25N3O4S. The van der Waals surface area contributed by atoms with Crippen LogP contribution < -0.4 is 20.3 Å². The van der Waals surface area contributed by atoms with Gasteiger partial charge in [-0.3, -0.25) is 14.2 Å². The third-order valence-electron chi connectivity index (χ3n) is 4.03. The van der Waals surface area contributed by atoms with Gasteiger partial charge in [-0.1, -0.05) is 24.8 Å². The van der Waals surface area contributed by atoms with E-state index in [9.17, 15) is 9.59 Å². The predicted molar refractivity (Wildman–Crippen MR) is 106 cm³/mol. The molecule has 2 rings (SSSR count). The highest BCUT2D eigenvalue weighted by molar-refractivity contribution is 7.99. The minimum atomic E-state index is -0.113. The van der Waals surface area contributed by atoms with E-state index in [4.69, 9.17) is 9.47 Å². The van der Waals surface area contributed by atoms with Crippen LogP contribution in [-0.2, 0) is 24.7 Å². The average molecular weight is 391 g/mol. The summed E-state index contributed by atoms with van der Waals surface area (Å²) in [7, 11) is 4.85. The van der Waals surface area contributed by atoms with Crippen molar-refractivity contribution in [2.45, 2.75) is 24.9 Å². The van der Waals surface area contributed by atoms with E-state index >= 15 is 0 Å². The van der Waals surface area contributed by atoms with E-state index < -0.39 is 0 Å². The van der Waals surface area contributed by atoms with Crippen LogP contribution in [0.15, 0.2) is 34.2 Å². The third-order valence-corrected chi connectivity index (χ3v) is 5.06. The molecule has 1 amide bonds. The van der Waals surface area contributed by atoms with Crippen LogP contribution in [0.4, 0.5) is 0 Å². The summed E-state index contributed by atoms with van der Waals surface area (Å²) in [6, 6.07) is 7.21. The van der Waals surface area contributed by atoms with Crippen molar-refractivity contribution >= 4 is 17.7 Å². The van der Waals surface area contributed by atoms with E-state index in [1.165, 1.54) is 22.4 Å². The zero-order chi connectivity index (χ0) is 19.8. The van der Waals surface area contributed by atoms with Gasteiger partial charge >= 0.3 is 0 Å². The van der Waals surface area contributed by atoms with E-state index in [2.05, 4.69) is 10.3 Å². The van der Waals surface area contributed by atoms with Gasteiger partial charge in [-0.25, -0.2) is 4.98 Å². The predicted octanol–water partition coefficient (Wildman–Crippen LogP) is 1.81. The Balaban J connectivity index is 1.85. The molecule has 1 aromatic heterocycles. The average Bonchev–Trinajstić information content (AvgIpc) is 2.68. The summed E-state index contributed by atoms with van der Waals surface area (Å²) in [4.78, 5) is 28.4. The molecule has 0 spiro atoms. The molecule has 0 saturated carbocycles. The number of aromatic nitrogens is 2. The number of aryl methyl sites for hydroxylation is 1. The van der Waals surface area contributed by atoms with Crippen molar-refractivity contribution in [2.24, 2.45) is 7.05 Å². The number of nitrogens with one attached hydrogen (secondary N) is 1. The molecule has 0 radical (unpaired) electrons. The monoisotopic (exact) mass is 391 g/mol. The molecule has 1 N–H and O–H groups in total. The molecule has 7 nitrogen and oxygen atoms in total. The van der Waals surface area contributed by atoms with Crippen LogP contribution in [0, 0.1) is 0 Å². The largest absolute Gasteiger partial charge is 0.493 e. The van der Waals surface area contributed by atoms with Crippen molar-refractivity contribution < 1.29 is 14.3 Å². The number of benzene rings is 1. The van der Waals surface area contributed by atoms with Gasteiger partial charge in [-0.15, -0.1) is 0 Å². The van der Waals surface area contributed by atoms with Gasteiger partial charge in [0, 0.05) is 25.4 Å². The van der Waals surface area contributed by atoms with Gasteiger partial charge < -0.3 is 14.8 Å². The summed E-state index contributed by atoms with van der Waals surface area (Å²) in [6.07, 6.45) is 1.36. The van der Waals surface area contributed by atoms with Gasteiger partial charge in [0.15, 0.2) is 16.7 Å². The van der Waals surface area contributed by atoms with Gasteiger partial charge in [0.05, 0.1) is 20.0 Å². The summed E-state index contributed by atoms with van der Waals surface area (Å²) >= 11 is 1.26. The fourth-order valence-electron chi connectivity index (χ4n) is 2.44. The van der Waals surface area contributed by atoms with Crippen molar-refractivity contribution in [2.75, 3.05) is 26.5 Å². The van der Waals surface area contributed by atoms with E-state index in [0.717, 1.165) is 11.3 Å². The number of methoxy groups -OCH3 is 2. The summed E-state index contributed by atoms with van der Waals surface area (Å²) in [5.74, 6) is 1.45. The van der Waals surface area contributed by atoms with Crippen molar-refractivity contribution in [1.82, 2.24) is 14.9 Å². The Morgan fingerprint density at radius 3 is 2.63 bits per heavy atom. The van der Waals surface area contributed by atoms with Gasteiger partial charge in [0.1, 0.15) is 0 Å². The first kappa shape index (κ1) is 20.8. The minimum absolute atomic E-state index is 0.100. The topological polar surface area (TPSA) is 82.5 Å². The molecule has 0 fully saturated rings. The van der Waals surface area contributed by atoms with Gasteiger partial charge in [0.25, 0.3) is 5.56 Å². The second-order valence-corrected chi connectivity index (χ2v) is 6.80. The highest BCUT2D eigenvalue weighted by Gasteiger charge is 2.09. The van der Waals surface area contributed by atoms with Crippen LogP contribution in [0.25, 0.3) is 0 Å². The molecule has 0 aliphatic rings. The zero-order valence-corrected chi connectivity index (χ0v) is 16.9.